The van der Waals surface area contributed by atoms with Crippen molar-refractivity contribution in [2.75, 3.05) is 7.11 Å². The Balaban J connectivity index is 2.11. The van der Waals surface area contributed by atoms with E-state index in [4.69, 9.17) is 9.47 Å². The molecule has 0 aliphatic heterocycles. The molecule has 0 saturated heterocycles. The summed E-state index contributed by atoms with van der Waals surface area (Å²) in [5.41, 5.74) is -0.479. The maximum Gasteiger partial charge on any atom is 0.329 e. The lowest BCUT2D eigenvalue weighted by Gasteiger charge is -2.23. The number of Topliss-reactive ketones (excluding diaryl/α,β-unsaturated/α-hetero) is 1. The molecule has 0 spiro atoms. The molecule has 0 aliphatic carbocycles. The molecule has 1 amide bonds. The van der Waals surface area contributed by atoms with E-state index in [1.165, 1.54) is 26.2 Å². The lowest BCUT2D eigenvalue weighted by molar-refractivity contribution is -0.149. The number of benzene rings is 2. The monoisotopic (exact) mass is 419 g/mol. The summed E-state index contributed by atoms with van der Waals surface area (Å²) in [7, 11) is 1.49. The van der Waals surface area contributed by atoms with Crippen LogP contribution in [0.1, 0.15) is 41.5 Å². The second kappa shape index (κ2) is 9.96. The number of carbonyl (C=O) groups excluding carboxylic acids is 3. The summed E-state index contributed by atoms with van der Waals surface area (Å²) in [4.78, 5) is 37.4. The molecule has 2 aromatic carbocycles. The van der Waals surface area contributed by atoms with Crippen LogP contribution in [0.4, 0.5) is 8.78 Å². The average molecular weight is 419 g/mol. The van der Waals surface area contributed by atoms with Gasteiger partial charge in [0.05, 0.1) is 7.11 Å². The number of hydrogen-bond acceptors (Lipinski definition) is 5. The number of hydrogen-bond donors (Lipinski definition) is 1. The standard InChI is InChI=1S/C22H23F2NO5/c1-12(2)19(25-21(27)18-16(23)6-5-7-17(18)24)22(28)30-13(3)20(26)14-8-10-15(29-4)11-9-14/h5-13,19H,1-4H3,(H,25,27)/t13-,19+/m1/s1. The Kier molecular flexibility index (Phi) is 7.63. The van der Waals surface area contributed by atoms with Gasteiger partial charge in [0.25, 0.3) is 5.91 Å². The van der Waals surface area contributed by atoms with Gasteiger partial charge in [-0.1, -0.05) is 19.9 Å². The van der Waals surface area contributed by atoms with Gasteiger partial charge in [-0.25, -0.2) is 13.6 Å². The van der Waals surface area contributed by atoms with E-state index >= 15 is 0 Å². The fraction of sp³-hybridized carbons (Fsp3) is 0.318. The molecule has 8 heteroatoms. The SMILES string of the molecule is COc1ccc(C(=O)[C@@H](C)OC(=O)[C@@H](NC(=O)c2c(F)cccc2F)C(C)C)cc1. The molecule has 0 aromatic heterocycles. The van der Waals surface area contributed by atoms with Crippen LogP contribution in [0.5, 0.6) is 5.75 Å². The van der Waals surface area contributed by atoms with Crippen LogP contribution >= 0.6 is 0 Å². The van der Waals surface area contributed by atoms with Gasteiger partial charge in [0.2, 0.25) is 5.78 Å². The van der Waals surface area contributed by atoms with Gasteiger partial charge in [-0.05, 0) is 49.2 Å². The largest absolute Gasteiger partial charge is 0.497 e. The van der Waals surface area contributed by atoms with Gasteiger partial charge in [-0.2, -0.15) is 0 Å². The van der Waals surface area contributed by atoms with Crippen molar-refractivity contribution in [2.24, 2.45) is 5.92 Å². The molecule has 6 nitrogen and oxygen atoms in total. The van der Waals surface area contributed by atoms with E-state index in [9.17, 15) is 23.2 Å². The summed E-state index contributed by atoms with van der Waals surface area (Å²) in [5, 5.41) is 2.29. The number of rotatable bonds is 8. The molecule has 2 rings (SSSR count). The third-order valence-electron chi connectivity index (χ3n) is 4.43. The highest BCUT2D eigenvalue weighted by atomic mass is 19.1. The van der Waals surface area contributed by atoms with Crippen molar-refractivity contribution in [3.8, 4) is 5.75 Å². The molecule has 0 aliphatic rings. The Morgan fingerprint density at radius 1 is 0.933 bits per heavy atom. The third kappa shape index (κ3) is 5.40. The summed E-state index contributed by atoms with van der Waals surface area (Å²) in [5.74, 6) is -4.41. The van der Waals surface area contributed by atoms with Crippen molar-refractivity contribution in [2.45, 2.75) is 32.9 Å². The van der Waals surface area contributed by atoms with Crippen molar-refractivity contribution < 1.29 is 32.6 Å². The van der Waals surface area contributed by atoms with E-state index in [1.54, 1.807) is 26.0 Å². The summed E-state index contributed by atoms with van der Waals surface area (Å²) in [6.45, 7) is 4.65. The summed E-state index contributed by atoms with van der Waals surface area (Å²) >= 11 is 0. The molecule has 0 saturated carbocycles. The molecule has 1 N–H and O–H groups in total. The van der Waals surface area contributed by atoms with Crippen molar-refractivity contribution in [1.29, 1.82) is 0 Å². The number of methoxy groups -OCH3 is 1. The van der Waals surface area contributed by atoms with Crippen LogP contribution in [0.25, 0.3) is 0 Å². The van der Waals surface area contributed by atoms with E-state index in [0.29, 0.717) is 11.3 Å². The molecular weight excluding hydrogens is 396 g/mol. The molecule has 30 heavy (non-hydrogen) atoms. The highest BCUT2D eigenvalue weighted by Crippen LogP contribution is 2.16. The van der Waals surface area contributed by atoms with Crippen molar-refractivity contribution in [3.63, 3.8) is 0 Å². The minimum Gasteiger partial charge on any atom is -0.497 e. The summed E-state index contributed by atoms with van der Waals surface area (Å²) in [6, 6.07) is 8.07. The molecule has 2 atom stereocenters. The minimum absolute atomic E-state index is 0.315. The first-order valence-electron chi connectivity index (χ1n) is 9.29. The maximum atomic E-state index is 13.8. The highest BCUT2D eigenvalue weighted by molar-refractivity contribution is 6.01. The Morgan fingerprint density at radius 2 is 1.50 bits per heavy atom. The number of ketones is 1. The van der Waals surface area contributed by atoms with Crippen LogP contribution in [0.15, 0.2) is 42.5 Å². The quantitative estimate of drug-likeness (QED) is 0.523. The first kappa shape index (κ1) is 23.0. The van der Waals surface area contributed by atoms with Gasteiger partial charge < -0.3 is 14.8 Å². The van der Waals surface area contributed by atoms with Crippen molar-refractivity contribution >= 4 is 17.7 Å². The molecule has 0 fully saturated rings. The maximum absolute atomic E-state index is 13.8. The zero-order chi connectivity index (χ0) is 22.4. The van der Waals surface area contributed by atoms with E-state index in [2.05, 4.69) is 5.32 Å². The topological polar surface area (TPSA) is 81.7 Å². The van der Waals surface area contributed by atoms with Gasteiger partial charge in [-0.15, -0.1) is 0 Å². The Morgan fingerprint density at radius 3 is 2.00 bits per heavy atom. The van der Waals surface area contributed by atoms with Crippen molar-refractivity contribution in [1.82, 2.24) is 5.32 Å². The Labute approximate surface area is 173 Å². The number of nitrogens with one attached hydrogen (secondary N) is 1. The molecule has 160 valence electrons. The molecule has 2 aromatic rings. The predicted molar refractivity (Wildman–Crippen MR) is 105 cm³/mol. The summed E-state index contributed by atoms with van der Waals surface area (Å²) in [6.07, 6.45) is -1.13. The van der Waals surface area contributed by atoms with Gasteiger partial charge in [0.1, 0.15) is 29.0 Å². The Bertz CT molecular complexity index is 907. The predicted octanol–water partition coefficient (Wildman–Crippen LogP) is 3.54. The Hall–Kier alpha value is -3.29. The third-order valence-corrected chi connectivity index (χ3v) is 4.43. The van der Waals surface area contributed by atoms with E-state index in [-0.39, 0.29) is 0 Å². The van der Waals surface area contributed by atoms with Gasteiger partial charge >= 0.3 is 5.97 Å². The molecule has 0 radical (unpaired) electrons. The van der Waals surface area contributed by atoms with Crippen LogP contribution < -0.4 is 10.1 Å². The van der Waals surface area contributed by atoms with E-state index in [0.717, 1.165) is 18.2 Å². The van der Waals surface area contributed by atoms with Crippen LogP contribution in [0.2, 0.25) is 0 Å². The zero-order valence-corrected chi connectivity index (χ0v) is 17.1. The van der Waals surface area contributed by atoms with E-state index < -0.39 is 52.9 Å². The number of esters is 1. The second-order valence-electron chi connectivity index (χ2n) is 6.96. The molecule has 0 unspecified atom stereocenters. The van der Waals surface area contributed by atoms with Crippen LogP contribution in [-0.4, -0.2) is 36.9 Å². The first-order chi connectivity index (χ1) is 14.1. The fourth-order valence-corrected chi connectivity index (χ4v) is 2.72. The molecular formula is C22H23F2NO5. The van der Waals surface area contributed by atoms with Gasteiger partial charge in [0.15, 0.2) is 6.10 Å². The normalized spacial score (nSPS) is 12.8. The smallest absolute Gasteiger partial charge is 0.329 e. The number of ether oxygens (including phenoxy) is 2. The number of carbonyl (C=O) groups is 3. The minimum atomic E-state index is -1.21. The lowest BCUT2D eigenvalue weighted by atomic mass is 10.0. The second-order valence-corrected chi connectivity index (χ2v) is 6.96. The van der Waals surface area contributed by atoms with Crippen LogP contribution in [0.3, 0.4) is 0 Å². The first-order valence-corrected chi connectivity index (χ1v) is 9.29. The number of amides is 1. The van der Waals surface area contributed by atoms with Crippen LogP contribution in [-0.2, 0) is 9.53 Å². The molecule has 0 bridgehead atoms. The van der Waals surface area contributed by atoms with Crippen molar-refractivity contribution in [3.05, 3.63) is 65.2 Å². The lowest BCUT2D eigenvalue weighted by Crippen LogP contribution is -2.47. The number of halogens is 2. The average Bonchev–Trinajstić information content (AvgIpc) is 2.71. The zero-order valence-electron chi connectivity index (χ0n) is 17.1. The van der Waals surface area contributed by atoms with Gasteiger partial charge in [0, 0.05) is 5.56 Å². The molecule has 0 heterocycles. The van der Waals surface area contributed by atoms with E-state index in [1.807, 2.05) is 0 Å². The fourth-order valence-electron chi connectivity index (χ4n) is 2.72. The van der Waals surface area contributed by atoms with Gasteiger partial charge in [-0.3, -0.25) is 9.59 Å². The highest BCUT2D eigenvalue weighted by Gasteiger charge is 2.31. The summed E-state index contributed by atoms with van der Waals surface area (Å²) < 4.78 is 37.9. The van der Waals surface area contributed by atoms with Crippen LogP contribution in [0, 0.1) is 17.6 Å².